The number of nitrogens with zero attached hydrogens (tertiary/aromatic N) is 5. The molecule has 198 valence electrons. The first kappa shape index (κ1) is 27.2. The molecule has 0 aliphatic carbocycles. The molecule has 1 saturated heterocycles. The summed E-state index contributed by atoms with van der Waals surface area (Å²) in [7, 11) is 2.19. The van der Waals surface area contributed by atoms with Crippen LogP contribution in [0.5, 0.6) is 0 Å². The number of hydrogen-bond donors (Lipinski definition) is 1. The van der Waals surface area contributed by atoms with Crippen molar-refractivity contribution in [2.24, 2.45) is 10.9 Å². The van der Waals surface area contributed by atoms with E-state index in [1.165, 1.54) is 25.9 Å². The van der Waals surface area contributed by atoms with Gasteiger partial charge in [0.2, 0.25) is 11.7 Å². The van der Waals surface area contributed by atoms with Crippen LogP contribution < -0.4 is 5.32 Å². The Morgan fingerprint density at radius 3 is 2.70 bits per heavy atom. The van der Waals surface area contributed by atoms with E-state index < -0.39 is 0 Å². The Labute approximate surface area is 224 Å². The predicted octanol–water partition coefficient (Wildman–Crippen LogP) is 4.96. The second-order valence-electron chi connectivity index (χ2n) is 9.80. The van der Waals surface area contributed by atoms with Crippen molar-refractivity contribution >= 4 is 28.9 Å². The molecule has 2 aliphatic rings. The van der Waals surface area contributed by atoms with E-state index in [1.807, 2.05) is 45.1 Å². The van der Waals surface area contributed by atoms with Crippen LogP contribution in [0.3, 0.4) is 0 Å². The van der Waals surface area contributed by atoms with Crippen molar-refractivity contribution in [2.75, 3.05) is 33.2 Å². The number of amides is 1. The van der Waals surface area contributed by atoms with Gasteiger partial charge in [-0.15, -0.1) is 0 Å². The maximum Gasteiger partial charge on any atom is 0.260 e. The lowest BCUT2D eigenvalue weighted by Crippen LogP contribution is -2.42. The van der Waals surface area contributed by atoms with E-state index in [0.29, 0.717) is 40.3 Å². The molecule has 1 atom stereocenters. The fourth-order valence-electron chi connectivity index (χ4n) is 4.89. The summed E-state index contributed by atoms with van der Waals surface area (Å²) in [4.78, 5) is 26.9. The van der Waals surface area contributed by atoms with Gasteiger partial charge in [0.15, 0.2) is 0 Å². The van der Waals surface area contributed by atoms with Gasteiger partial charge in [-0.3, -0.25) is 15.0 Å². The monoisotopic (exact) mass is 524 g/mol. The highest BCUT2D eigenvalue weighted by atomic mass is 35.5. The highest BCUT2D eigenvalue weighted by molar-refractivity contribution is 6.37. The fraction of sp³-hybridized carbons (Fsp3) is 0.500. The average Bonchev–Trinajstić information content (AvgIpc) is 3.32. The summed E-state index contributed by atoms with van der Waals surface area (Å²) < 4.78 is 5.08. The minimum absolute atomic E-state index is 0.102. The van der Waals surface area contributed by atoms with Crippen LogP contribution in [0.4, 0.5) is 0 Å². The number of rotatable bonds is 8. The molecule has 0 radical (unpaired) electrons. The summed E-state index contributed by atoms with van der Waals surface area (Å²) in [5.41, 5.74) is 2.83. The summed E-state index contributed by atoms with van der Waals surface area (Å²) in [6.07, 6.45) is 7.44. The number of amidine groups is 1. The van der Waals surface area contributed by atoms with Gasteiger partial charge in [0.1, 0.15) is 5.84 Å². The number of aromatic nitrogens is 2. The Morgan fingerprint density at radius 1 is 1.32 bits per heavy atom. The van der Waals surface area contributed by atoms with Crippen molar-refractivity contribution < 1.29 is 9.32 Å². The molecule has 9 heteroatoms. The number of carbonyl (C=O) groups excluding carboxylic acids is 1. The summed E-state index contributed by atoms with van der Waals surface area (Å²) in [5.74, 6) is 2.28. The number of allylic oxidation sites excluding steroid dienone is 1. The van der Waals surface area contributed by atoms with Crippen molar-refractivity contribution in [1.29, 1.82) is 0 Å². The van der Waals surface area contributed by atoms with E-state index in [4.69, 9.17) is 21.1 Å². The number of aryl methyl sites for hydroxylation is 1. The molecule has 2 aliphatic heterocycles. The molecular formula is C28H37ClN6O2. The Morgan fingerprint density at radius 2 is 2.08 bits per heavy atom. The Bertz CT molecular complexity index is 1210. The summed E-state index contributed by atoms with van der Waals surface area (Å²) >= 11 is 6.66. The number of halogens is 1. The van der Waals surface area contributed by atoms with Crippen LogP contribution in [-0.2, 0) is 4.79 Å². The maximum atomic E-state index is 13.6. The number of benzene rings is 1. The fourth-order valence-corrected chi connectivity index (χ4v) is 5.17. The number of hydrogen-bond acceptors (Lipinski definition) is 7. The lowest BCUT2D eigenvalue weighted by atomic mass is 9.94. The SMILES string of the molecule is C/C=C1/C=C(c2ccc(-c3noc(C)n3)cc2Cl)C(=O)N(CC)/C1=N/C(C)NCCC1CCN(C)CC1. The molecule has 8 nitrogen and oxygen atoms in total. The highest BCUT2D eigenvalue weighted by Gasteiger charge is 2.31. The van der Waals surface area contributed by atoms with Crippen molar-refractivity contribution in [2.45, 2.75) is 53.1 Å². The van der Waals surface area contributed by atoms with Gasteiger partial charge in [0.25, 0.3) is 5.91 Å². The molecule has 4 rings (SSSR count). The summed E-state index contributed by atoms with van der Waals surface area (Å²) in [6, 6.07) is 5.45. The quantitative estimate of drug-likeness (QED) is 0.525. The van der Waals surface area contributed by atoms with Crippen LogP contribution in [0.15, 0.2) is 45.4 Å². The van der Waals surface area contributed by atoms with E-state index in [1.54, 1.807) is 17.9 Å². The number of likely N-dealkylation sites (N-methyl/N-ethyl adjacent to an activating group) is 1. The second-order valence-corrected chi connectivity index (χ2v) is 10.2. The molecule has 1 unspecified atom stereocenters. The van der Waals surface area contributed by atoms with E-state index in [-0.39, 0.29) is 12.1 Å². The van der Waals surface area contributed by atoms with E-state index >= 15 is 0 Å². The first-order valence-electron chi connectivity index (χ1n) is 13.1. The maximum absolute atomic E-state index is 13.6. The molecule has 1 N–H and O–H groups in total. The molecule has 0 bridgehead atoms. The molecule has 1 fully saturated rings. The first-order valence-corrected chi connectivity index (χ1v) is 13.5. The van der Waals surface area contributed by atoms with E-state index in [0.717, 1.165) is 30.0 Å². The van der Waals surface area contributed by atoms with Crippen LogP contribution >= 0.6 is 11.6 Å². The highest BCUT2D eigenvalue weighted by Crippen LogP contribution is 2.33. The number of aliphatic imine (C=N–C) groups is 1. The van der Waals surface area contributed by atoms with Gasteiger partial charge in [-0.2, -0.15) is 4.98 Å². The molecule has 2 aromatic rings. The largest absolute Gasteiger partial charge is 0.339 e. The molecule has 37 heavy (non-hydrogen) atoms. The lowest BCUT2D eigenvalue weighted by molar-refractivity contribution is -0.121. The Kier molecular flexibility index (Phi) is 8.95. The van der Waals surface area contributed by atoms with Gasteiger partial charge >= 0.3 is 0 Å². The second kappa shape index (κ2) is 12.2. The molecule has 3 heterocycles. The van der Waals surface area contributed by atoms with Crippen molar-refractivity contribution in [3.8, 4) is 11.4 Å². The Balaban J connectivity index is 1.51. The van der Waals surface area contributed by atoms with Crippen molar-refractivity contribution in [3.63, 3.8) is 0 Å². The van der Waals surface area contributed by atoms with E-state index in [2.05, 4.69) is 27.4 Å². The van der Waals surface area contributed by atoms with Gasteiger partial charge in [0, 0.05) is 40.8 Å². The van der Waals surface area contributed by atoms with Crippen LogP contribution in [0, 0.1) is 12.8 Å². The zero-order valence-electron chi connectivity index (χ0n) is 22.4. The third-order valence-electron chi connectivity index (χ3n) is 7.11. The van der Waals surface area contributed by atoms with Gasteiger partial charge in [-0.1, -0.05) is 35.0 Å². The number of nitrogens with one attached hydrogen (secondary N) is 1. The third-order valence-corrected chi connectivity index (χ3v) is 7.42. The van der Waals surface area contributed by atoms with Crippen LogP contribution in [0.25, 0.3) is 17.0 Å². The van der Waals surface area contributed by atoms with Gasteiger partial charge in [-0.25, -0.2) is 4.99 Å². The average molecular weight is 525 g/mol. The third kappa shape index (κ3) is 6.37. The van der Waals surface area contributed by atoms with E-state index in [9.17, 15) is 4.79 Å². The summed E-state index contributed by atoms with van der Waals surface area (Å²) in [6.45, 7) is 11.5. The molecule has 1 aromatic heterocycles. The van der Waals surface area contributed by atoms with Crippen molar-refractivity contribution in [3.05, 3.63) is 52.4 Å². The lowest BCUT2D eigenvalue weighted by Gasteiger charge is -2.31. The molecule has 1 aromatic carbocycles. The van der Waals surface area contributed by atoms with Gasteiger partial charge in [-0.05, 0) is 84.8 Å². The number of piperidine rings is 1. The predicted molar refractivity (Wildman–Crippen MR) is 148 cm³/mol. The Hall–Kier alpha value is -2.81. The minimum atomic E-state index is -0.115. The summed E-state index contributed by atoms with van der Waals surface area (Å²) in [5, 5.41) is 7.95. The van der Waals surface area contributed by atoms with Crippen LogP contribution in [-0.4, -0.2) is 71.1 Å². The van der Waals surface area contributed by atoms with Crippen LogP contribution in [0.1, 0.15) is 51.5 Å². The standard InChI is InChI=1S/C28H37ClN6O2/c1-6-21-16-24(23-9-8-22(17-25(23)29)26-32-19(4)37-33-26)28(36)35(7-2)27(21)31-18(3)30-13-10-20-11-14-34(5)15-12-20/h6,8-9,16-18,20,30H,7,10-15H2,1-5H3/b21-6-,31-27+. The molecule has 0 saturated carbocycles. The van der Waals surface area contributed by atoms with Crippen molar-refractivity contribution in [1.82, 2.24) is 25.3 Å². The topological polar surface area (TPSA) is 86.9 Å². The molecule has 1 amide bonds. The van der Waals surface area contributed by atoms with Crippen LogP contribution in [0.2, 0.25) is 5.02 Å². The first-order chi connectivity index (χ1) is 17.8. The minimum Gasteiger partial charge on any atom is -0.339 e. The van der Waals surface area contributed by atoms with Gasteiger partial charge < -0.3 is 9.42 Å². The molecule has 0 spiro atoms. The normalized spacial score (nSPS) is 20.6. The number of carbonyl (C=O) groups is 1. The number of likely N-dealkylation sites (tertiary alicyclic amines) is 1. The molecular weight excluding hydrogens is 488 g/mol. The zero-order valence-corrected chi connectivity index (χ0v) is 23.2. The van der Waals surface area contributed by atoms with Gasteiger partial charge in [0.05, 0.1) is 6.17 Å². The zero-order chi connectivity index (χ0) is 26.5. The smallest absolute Gasteiger partial charge is 0.260 e.